The molecule has 3 aromatic rings. The lowest BCUT2D eigenvalue weighted by atomic mass is 10.1. The van der Waals surface area contributed by atoms with E-state index < -0.39 is 0 Å². The number of aryl methyl sites for hydroxylation is 1. The predicted octanol–water partition coefficient (Wildman–Crippen LogP) is 1.68. The van der Waals surface area contributed by atoms with Crippen molar-refractivity contribution in [1.29, 1.82) is 0 Å². The van der Waals surface area contributed by atoms with Crippen LogP contribution < -0.4 is 5.73 Å². The molecule has 5 heteroatoms. The number of anilines is 1. The maximum absolute atomic E-state index is 5.86. The van der Waals surface area contributed by atoms with Crippen LogP contribution in [0, 0.1) is 6.92 Å². The first-order valence-corrected chi connectivity index (χ1v) is 5.29. The van der Waals surface area contributed by atoms with Gasteiger partial charge in [0.1, 0.15) is 5.82 Å². The van der Waals surface area contributed by atoms with Crippen LogP contribution in [-0.2, 0) is 0 Å². The molecule has 0 fully saturated rings. The summed E-state index contributed by atoms with van der Waals surface area (Å²) in [7, 11) is 0. The van der Waals surface area contributed by atoms with Crippen LogP contribution >= 0.6 is 0 Å². The van der Waals surface area contributed by atoms with Crippen molar-refractivity contribution in [3.05, 3.63) is 42.2 Å². The lowest BCUT2D eigenvalue weighted by Crippen LogP contribution is -2.02. The highest BCUT2D eigenvalue weighted by atomic mass is 15.3. The largest absolute Gasteiger partial charge is 0.368 e. The SMILES string of the molecule is Cc1nc2cc(-c3ccccc3)nc(N)n2n1. The summed E-state index contributed by atoms with van der Waals surface area (Å²) in [6, 6.07) is 11.8. The maximum atomic E-state index is 5.86. The zero-order chi connectivity index (χ0) is 11.8. The highest BCUT2D eigenvalue weighted by Gasteiger charge is 2.07. The molecule has 0 bridgehead atoms. The first kappa shape index (κ1) is 9.77. The third kappa shape index (κ3) is 1.61. The van der Waals surface area contributed by atoms with Gasteiger partial charge in [0.15, 0.2) is 5.65 Å². The molecule has 0 aliphatic carbocycles. The Morgan fingerprint density at radius 2 is 1.88 bits per heavy atom. The fourth-order valence-electron chi connectivity index (χ4n) is 1.78. The van der Waals surface area contributed by atoms with E-state index in [1.165, 1.54) is 0 Å². The van der Waals surface area contributed by atoms with Gasteiger partial charge in [0, 0.05) is 11.6 Å². The summed E-state index contributed by atoms with van der Waals surface area (Å²) in [6.07, 6.45) is 0. The zero-order valence-corrected chi connectivity index (χ0v) is 9.33. The summed E-state index contributed by atoms with van der Waals surface area (Å²) in [4.78, 5) is 8.62. The van der Waals surface area contributed by atoms with Crippen LogP contribution in [0.1, 0.15) is 5.82 Å². The van der Waals surface area contributed by atoms with Gasteiger partial charge in [-0.05, 0) is 6.92 Å². The molecule has 2 heterocycles. The molecule has 0 unspecified atom stereocenters. The van der Waals surface area contributed by atoms with Crippen molar-refractivity contribution in [3.63, 3.8) is 0 Å². The second-order valence-electron chi connectivity index (χ2n) is 3.79. The quantitative estimate of drug-likeness (QED) is 0.684. The highest BCUT2D eigenvalue weighted by molar-refractivity contribution is 5.65. The molecule has 0 radical (unpaired) electrons. The predicted molar refractivity (Wildman–Crippen MR) is 65.4 cm³/mol. The number of rotatable bonds is 1. The molecular formula is C12H11N5. The summed E-state index contributed by atoms with van der Waals surface area (Å²) in [5.74, 6) is 1.03. The molecule has 1 aromatic carbocycles. The summed E-state index contributed by atoms with van der Waals surface area (Å²) >= 11 is 0. The molecule has 0 saturated heterocycles. The minimum atomic E-state index is 0.349. The van der Waals surface area contributed by atoms with E-state index in [1.54, 1.807) is 4.52 Å². The molecule has 0 saturated carbocycles. The van der Waals surface area contributed by atoms with Gasteiger partial charge >= 0.3 is 0 Å². The van der Waals surface area contributed by atoms with E-state index in [1.807, 2.05) is 43.3 Å². The summed E-state index contributed by atoms with van der Waals surface area (Å²) < 4.78 is 1.54. The van der Waals surface area contributed by atoms with Crippen molar-refractivity contribution >= 4 is 11.6 Å². The molecule has 0 aliphatic rings. The van der Waals surface area contributed by atoms with Gasteiger partial charge in [0.05, 0.1) is 5.69 Å². The number of benzene rings is 1. The molecule has 0 spiro atoms. The fraction of sp³-hybridized carbons (Fsp3) is 0.0833. The van der Waals surface area contributed by atoms with Gasteiger partial charge in [0.2, 0.25) is 5.95 Å². The Morgan fingerprint density at radius 3 is 2.65 bits per heavy atom. The first-order chi connectivity index (χ1) is 8.24. The highest BCUT2D eigenvalue weighted by Crippen LogP contribution is 2.19. The molecule has 2 aromatic heterocycles. The van der Waals surface area contributed by atoms with E-state index in [9.17, 15) is 0 Å². The molecule has 17 heavy (non-hydrogen) atoms. The van der Waals surface area contributed by atoms with E-state index in [2.05, 4.69) is 15.1 Å². The van der Waals surface area contributed by atoms with E-state index >= 15 is 0 Å². The molecule has 0 atom stereocenters. The Hall–Kier alpha value is -2.43. The van der Waals surface area contributed by atoms with Crippen LogP contribution in [0.15, 0.2) is 36.4 Å². The van der Waals surface area contributed by atoms with Gasteiger partial charge in [-0.15, -0.1) is 5.10 Å². The van der Waals surface area contributed by atoms with Crippen LogP contribution in [0.3, 0.4) is 0 Å². The van der Waals surface area contributed by atoms with Crippen molar-refractivity contribution in [1.82, 2.24) is 19.6 Å². The minimum Gasteiger partial charge on any atom is -0.368 e. The standard InChI is InChI=1S/C12H11N5/c1-8-14-11-7-10(9-5-3-2-4-6-9)15-12(13)17(11)16-8/h2-7H,1H3,(H2,13,15). The molecule has 5 nitrogen and oxygen atoms in total. The van der Waals surface area contributed by atoms with Crippen molar-refractivity contribution in [2.24, 2.45) is 0 Å². The van der Waals surface area contributed by atoms with Crippen LogP contribution in [0.25, 0.3) is 16.9 Å². The van der Waals surface area contributed by atoms with Crippen LogP contribution in [-0.4, -0.2) is 19.6 Å². The number of hydrogen-bond acceptors (Lipinski definition) is 4. The van der Waals surface area contributed by atoms with Crippen LogP contribution in [0.2, 0.25) is 0 Å². The third-order valence-corrected chi connectivity index (χ3v) is 2.53. The molecule has 0 aliphatic heterocycles. The number of nitrogens with zero attached hydrogens (tertiary/aromatic N) is 4. The molecule has 0 amide bonds. The number of nitrogen functional groups attached to an aromatic ring is 1. The monoisotopic (exact) mass is 225 g/mol. The first-order valence-electron chi connectivity index (χ1n) is 5.29. The van der Waals surface area contributed by atoms with E-state index in [4.69, 9.17) is 5.73 Å². The fourth-order valence-corrected chi connectivity index (χ4v) is 1.78. The van der Waals surface area contributed by atoms with Gasteiger partial charge in [-0.3, -0.25) is 0 Å². The second kappa shape index (κ2) is 3.55. The average Bonchev–Trinajstić information content (AvgIpc) is 2.71. The molecule has 84 valence electrons. The molecular weight excluding hydrogens is 214 g/mol. The Morgan fingerprint density at radius 1 is 1.12 bits per heavy atom. The van der Waals surface area contributed by atoms with Crippen LogP contribution in [0.5, 0.6) is 0 Å². The van der Waals surface area contributed by atoms with Crippen molar-refractivity contribution < 1.29 is 0 Å². The number of nitrogens with two attached hydrogens (primary N) is 1. The van der Waals surface area contributed by atoms with E-state index in [-0.39, 0.29) is 0 Å². The zero-order valence-electron chi connectivity index (χ0n) is 9.33. The lowest BCUT2D eigenvalue weighted by Gasteiger charge is -2.02. The van der Waals surface area contributed by atoms with Crippen molar-refractivity contribution in [2.75, 3.05) is 5.73 Å². The van der Waals surface area contributed by atoms with Gasteiger partial charge in [-0.2, -0.15) is 4.52 Å². The van der Waals surface area contributed by atoms with Crippen LogP contribution in [0.4, 0.5) is 5.95 Å². The van der Waals surface area contributed by atoms with Gasteiger partial charge in [-0.1, -0.05) is 30.3 Å². The summed E-state index contributed by atoms with van der Waals surface area (Å²) in [6.45, 7) is 1.83. The molecule has 3 rings (SSSR count). The summed E-state index contributed by atoms with van der Waals surface area (Å²) in [5.41, 5.74) is 8.40. The summed E-state index contributed by atoms with van der Waals surface area (Å²) in [5, 5.41) is 4.17. The Balaban J connectivity index is 2.25. The maximum Gasteiger partial charge on any atom is 0.223 e. The molecule has 2 N–H and O–H groups in total. The Labute approximate surface area is 97.9 Å². The number of hydrogen-bond donors (Lipinski definition) is 1. The van der Waals surface area contributed by atoms with Gasteiger partial charge in [0.25, 0.3) is 0 Å². The van der Waals surface area contributed by atoms with Gasteiger partial charge < -0.3 is 5.73 Å². The Bertz CT molecular complexity index is 672. The van der Waals surface area contributed by atoms with E-state index in [0.717, 1.165) is 11.3 Å². The van der Waals surface area contributed by atoms with E-state index in [0.29, 0.717) is 17.4 Å². The lowest BCUT2D eigenvalue weighted by molar-refractivity contribution is 0.916. The normalized spacial score (nSPS) is 10.9. The average molecular weight is 225 g/mol. The van der Waals surface area contributed by atoms with Crippen molar-refractivity contribution in [2.45, 2.75) is 6.92 Å². The number of aromatic nitrogens is 4. The number of fused-ring (bicyclic) bond motifs is 1. The Kier molecular flexibility index (Phi) is 2.04. The topological polar surface area (TPSA) is 69.1 Å². The minimum absolute atomic E-state index is 0.349. The smallest absolute Gasteiger partial charge is 0.223 e. The second-order valence-corrected chi connectivity index (χ2v) is 3.79. The van der Waals surface area contributed by atoms with Gasteiger partial charge in [-0.25, -0.2) is 9.97 Å². The third-order valence-electron chi connectivity index (χ3n) is 2.53. The van der Waals surface area contributed by atoms with Crippen molar-refractivity contribution in [3.8, 4) is 11.3 Å².